The molecule has 2 atom stereocenters. The SMILES string of the molecule is COc1cccc(C(C)NC(=O)C(N)CC(N)=O)c1.Cl. The number of primary amides is 1. The van der Waals surface area contributed by atoms with E-state index in [0.29, 0.717) is 5.75 Å². The Morgan fingerprint density at radius 2 is 2.05 bits per heavy atom. The van der Waals surface area contributed by atoms with Gasteiger partial charge in [0.25, 0.3) is 0 Å². The molecule has 0 spiro atoms. The first-order valence-corrected chi connectivity index (χ1v) is 5.92. The van der Waals surface area contributed by atoms with Crippen molar-refractivity contribution >= 4 is 24.2 Å². The summed E-state index contributed by atoms with van der Waals surface area (Å²) in [5, 5.41) is 2.73. The van der Waals surface area contributed by atoms with Gasteiger partial charge in [-0.3, -0.25) is 9.59 Å². The van der Waals surface area contributed by atoms with E-state index in [1.165, 1.54) is 0 Å². The van der Waals surface area contributed by atoms with Crippen LogP contribution in [0.5, 0.6) is 5.75 Å². The Labute approximate surface area is 124 Å². The van der Waals surface area contributed by atoms with Crippen molar-refractivity contribution < 1.29 is 14.3 Å². The van der Waals surface area contributed by atoms with E-state index in [-0.39, 0.29) is 24.9 Å². The van der Waals surface area contributed by atoms with Crippen LogP contribution in [0.4, 0.5) is 0 Å². The maximum atomic E-state index is 11.7. The third-order valence-corrected chi connectivity index (χ3v) is 2.71. The monoisotopic (exact) mass is 301 g/mol. The highest BCUT2D eigenvalue weighted by Gasteiger charge is 2.18. The summed E-state index contributed by atoms with van der Waals surface area (Å²) in [5.41, 5.74) is 11.4. The molecule has 112 valence electrons. The number of ether oxygens (including phenoxy) is 1. The Hall–Kier alpha value is -1.79. The molecule has 5 N–H and O–H groups in total. The largest absolute Gasteiger partial charge is 0.497 e. The summed E-state index contributed by atoms with van der Waals surface area (Å²) >= 11 is 0. The molecule has 0 aliphatic rings. The zero-order chi connectivity index (χ0) is 14.4. The zero-order valence-corrected chi connectivity index (χ0v) is 12.3. The molecule has 0 bridgehead atoms. The van der Waals surface area contributed by atoms with Gasteiger partial charge in [0, 0.05) is 0 Å². The van der Waals surface area contributed by atoms with Crippen LogP contribution in [0.2, 0.25) is 0 Å². The van der Waals surface area contributed by atoms with Crippen molar-refractivity contribution in [3.05, 3.63) is 29.8 Å². The Kier molecular flexibility index (Phi) is 7.64. The molecule has 7 heteroatoms. The third kappa shape index (κ3) is 5.46. The van der Waals surface area contributed by atoms with Gasteiger partial charge in [0.2, 0.25) is 11.8 Å². The Bertz CT molecular complexity index is 468. The molecule has 6 nitrogen and oxygen atoms in total. The Morgan fingerprint density at radius 3 is 2.60 bits per heavy atom. The van der Waals surface area contributed by atoms with Crippen LogP contribution in [-0.4, -0.2) is 25.0 Å². The molecule has 1 aromatic carbocycles. The number of carbonyl (C=O) groups is 2. The van der Waals surface area contributed by atoms with Gasteiger partial charge >= 0.3 is 0 Å². The lowest BCUT2D eigenvalue weighted by Crippen LogP contribution is -2.43. The number of hydrogen-bond donors (Lipinski definition) is 3. The highest BCUT2D eigenvalue weighted by molar-refractivity contribution is 5.87. The fraction of sp³-hybridized carbons (Fsp3) is 0.385. The lowest BCUT2D eigenvalue weighted by molar-refractivity contribution is -0.126. The van der Waals surface area contributed by atoms with Crippen molar-refractivity contribution in [2.24, 2.45) is 11.5 Å². The van der Waals surface area contributed by atoms with Crippen molar-refractivity contribution in [3.63, 3.8) is 0 Å². The topological polar surface area (TPSA) is 107 Å². The molecule has 0 heterocycles. The average Bonchev–Trinajstić information content (AvgIpc) is 2.37. The number of nitrogens with two attached hydrogens (primary N) is 2. The summed E-state index contributed by atoms with van der Waals surface area (Å²) in [6.45, 7) is 1.82. The van der Waals surface area contributed by atoms with E-state index >= 15 is 0 Å². The number of halogens is 1. The van der Waals surface area contributed by atoms with Crippen LogP contribution in [-0.2, 0) is 9.59 Å². The smallest absolute Gasteiger partial charge is 0.237 e. The van der Waals surface area contributed by atoms with Crippen molar-refractivity contribution in [1.29, 1.82) is 0 Å². The third-order valence-electron chi connectivity index (χ3n) is 2.71. The van der Waals surface area contributed by atoms with Crippen LogP contribution >= 0.6 is 12.4 Å². The normalized spacial score (nSPS) is 12.8. The summed E-state index contributed by atoms with van der Waals surface area (Å²) in [6, 6.07) is 6.18. The highest BCUT2D eigenvalue weighted by atomic mass is 35.5. The lowest BCUT2D eigenvalue weighted by Gasteiger charge is -2.17. The Morgan fingerprint density at radius 1 is 1.40 bits per heavy atom. The molecule has 20 heavy (non-hydrogen) atoms. The quantitative estimate of drug-likeness (QED) is 0.711. The van der Waals surface area contributed by atoms with Gasteiger partial charge in [-0.25, -0.2) is 0 Å². The lowest BCUT2D eigenvalue weighted by atomic mass is 10.1. The van der Waals surface area contributed by atoms with E-state index in [4.69, 9.17) is 16.2 Å². The minimum atomic E-state index is -0.925. The molecule has 0 fully saturated rings. The van der Waals surface area contributed by atoms with Gasteiger partial charge in [0.15, 0.2) is 0 Å². The number of carbonyl (C=O) groups excluding carboxylic acids is 2. The highest BCUT2D eigenvalue weighted by Crippen LogP contribution is 2.18. The van der Waals surface area contributed by atoms with Gasteiger partial charge in [-0.1, -0.05) is 12.1 Å². The molecule has 1 aromatic rings. The van der Waals surface area contributed by atoms with E-state index in [9.17, 15) is 9.59 Å². The van der Waals surface area contributed by atoms with Crippen molar-refractivity contribution in [3.8, 4) is 5.75 Å². The standard InChI is InChI=1S/C13H19N3O3.ClH/c1-8(9-4-3-5-10(6-9)19-2)16-13(18)11(14)7-12(15)17;/h3-6,8,11H,7,14H2,1-2H3,(H2,15,17)(H,16,18);1H. The van der Waals surface area contributed by atoms with Gasteiger partial charge in [-0.05, 0) is 24.6 Å². The number of nitrogens with one attached hydrogen (secondary N) is 1. The molecule has 0 saturated heterocycles. The number of amides is 2. The first-order valence-electron chi connectivity index (χ1n) is 5.92. The second-order valence-electron chi connectivity index (χ2n) is 4.28. The summed E-state index contributed by atoms with van der Waals surface area (Å²) in [7, 11) is 1.57. The van der Waals surface area contributed by atoms with Crippen molar-refractivity contribution in [2.45, 2.75) is 25.4 Å². The molecular formula is C13H20ClN3O3. The van der Waals surface area contributed by atoms with Crippen molar-refractivity contribution in [2.75, 3.05) is 7.11 Å². The fourth-order valence-corrected chi connectivity index (χ4v) is 1.62. The molecule has 0 saturated carbocycles. The molecule has 0 radical (unpaired) electrons. The molecule has 2 amide bonds. The molecular weight excluding hydrogens is 282 g/mol. The van der Waals surface area contributed by atoms with E-state index in [0.717, 1.165) is 5.56 Å². The zero-order valence-electron chi connectivity index (χ0n) is 11.5. The first-order chi connectivity index (χ1) is 8.93. The predicted octanol–water partition coefficient (Wildman–Crippen LogP) is 0.497. The van der Waals surface area contributed by atoms with Crippen LogP contribution in [0, 0.1) is 0 Å². The number of methoxy groups -OCH3 is 1. The second kappa shape index (κ2) is 8.39. The van der Waals surface area contributed by atoms with Crippen LogP contribution in [0.15, 0.2) is 24.3 Å². The molecule has 0 aromatic heterocycles. The minimum Gasteiger partial charge on any atom is -0.497 e. The summed E-state index contributed by atoms with van der Waals surface area (Å²) in [4.78, 5) is 22.4. The molecule has 1 rings (SSSR count). The number of hydrogen-bond acceptors (Lipinski definition) is 4. The molecule has 2 unspecified atom stereocenters. The maximum Gasteiger partial charge on any atom is 0.237 e. The van der Waals surface area contributed by atoms with Crippen LogP contribution < -0.4 is 21.5 Å². The van der Waals surface area contributed by atoms with E-state index in [1.807, 2.05) is 31.2 Å². The van der Waals surface area contributed by atoms with Crippen LogP contribution in [0.25, 0.3) is 0 Å². The van der Waals surface area contributed by atoms with E-state index in [1.54, 1.807) is 7.11 Å². The van der Waals surface area contributed by atoms with Gasteiger partial charge in [-0.15, -0.1) is 12.4 Å². The van der Waals surface area contributed by atoms with E-state index in [2.05, 4.69) is 5.32 Å². The van der Waals surface area contributed by atoms with Crippen molar-refractivity contribution in [1.82, 2.24) is 5.32 Å². The number of benzene rings is 1. The van der Waals surface area contributed by atoms with Crippen LogP contribution in [0.3, 0.4) is 0 Å². The Balaban J connectivity index is 0.00000361. The van der Waals surface area contributed by atoms with Gasteiger partial charge in [0.1, 0.15) is 5.75 Å². The van der Waals surface area contributed by atoms with Gasteiger partial charge in [-0.2, -0.15) is 0 Å². The van der Waals surface area contributed by atoms with Crippen LogP contribution in [0.1, 0.15) is 24.9 Å². The number of rotatable bonds is 6. The van der Waals surface area contributed by atoms with Gasteiger partial charge < -0.3 is 21.5 Å². The van der Waals surface area contributed by atoms with Gasteiger partial charge in [0.05, 0.1) is 25.6 Å². The molecule has 0 aliphatic carbocycles. The fourth-order valence-electron chi connectivity index (χ4n) is 1.62. The molecule has 0 aliphatic heterocycles. The first kappa shape index (κ1) is 18.2. The summed E-state index contributed by atoms with van der Waals surface area (Å²) in [5.74, 6) is -0.300. The summed E-state index contributed by atoms with van der Waals surface area (Å²) in [6.07, 6.45) is -0.170. The predicted molar refractivity (Wildman–Crippen MR) is 78.6 cm³/mol. The maximum absolute atomic E-state index is 11.7. The van der Waals surface area contributed by atoms with E-state index < -0.39 is 17.9 Å². The second-order valence-corrected chi connectivity index (χ2v) is 4.28. The summed E-state index contributed by atoms with van der Waals surface area (Å²) < 4.78 is 5.11. The minimum absolute atomic E-state index is 0. The average molecular weight is 302 g/mol.